The van der Waals surface area contributed by atoms with Crippen molar-refractivity contribution in [3.05, 3.63) is 52.2 Å². The van der Waals surface area contributed by atoms with E-state index in [0.29, 0.717) is 28.0 Å². The van der Waals surface area contributed by atoms with Gasteiger partial charge in [-0.15, -0.1) is 0 Å². The minimum absolute atomic E-state index is 0.0464. The van der Waals surface area contributed by atoms with E-state index in [1.807, 2.05) is 0 Å². The van der Waals surface area contributed by atoms with Crippen molar-refractivity contribution >= 4 is 45.0 Å². The first-order chi connectivity index (χ1) is 14.8. The molecule has 2 aromatic carbocycles. The molecule has 0 spiro atoms. The molecule has 3 aromatic rings. The predicted octanol–water partition coefficient (Wildman–Crippen LogP) is 3.83. The molecular formula is C21H19BrN2O7. The van der Waals surface area contributed by atoms with Crippen LogP contribution in [0.15, 0.2) is 50.4 Å². The van der Waals surface area contributed by atoms with E-state index in [1.165, 1.54) is 27.4 Å². The second-order valence-corrected chi connectivity index (χ2v) is 7.23. The number of carbonyl (C=O) groups excluding carboxylic acids is 1. The number of amides is 1. The van der Waals surface area contributed by atoms with Crippen LogP contribution in [0.1, 0.15) is 23.0 Å². The van der Waals surface area contributed by atoms with E-state index in [-0.39, 0.29) is 11.5 Å². The Kier molecular flexibility index (Phi) is 6.81. The van der Waals surface area contributed by atoms with Crippen LogP contribution in [-0.4, -0.2) is 43.5 Å². The van der Waals surface area contributed by atoms with Crippen molar-refractivity contribution in [3.63, 3.8) is 0 Å². The molecule has 0 radical (unpaired) electrons. The van der Waals surface area contributed by atoms with Gasteiger partial charge in [0.05, 0.1) is 20.4 Å². The number of benzene rings is 2. The lowest BCUT2D eigenvalue weighted by Crippen LogP contribution is -2.23. The van der Waals surface area contributed by atoms with Crippen molar-refractivity contribution in [1.29, 1.82) is 0 Å². The van der Waals surface area contributed by atoms with Gasteiger partial charge in [0.15, 0.2) is 34.7 Å². The highest BCUT2D eigenvalue weighted by atomic mass is 79.9. The Balaban J connectivity index is 1.81. The Hall–Kier alpha value is -3.53. The van der Waals surface area contributed by atoms with Gasteiger partial charge in [0.25, 0.3) is 0 Å². The Morgan fingerprint density at radius 1 is 1.19 bits per heavy atom. The van der Waals surface area contributed by atoms with Crippen LogP contribution in [0.4, 0.5) is 0 Å². The summed E-state index contributed by atoms with van der Waals surface area (Å²) in [6, 6.07) is 10.1. The quantitative estimate of drug-likeness (QED) is 0.363. The van der Waals surface area contributed by atoms with Gasteiger partial charge in [-0.3, -0.25) is 4.79 Å². The molecule has 1 atom stereocenters. The number of halogens is 1. The fraction of sp³-hybridized carbons (Fsp3) is 0.190. The van der Waals surface area contributed by atoms with Crippen LogP contribution in [0.2, 0.25) is 0 Å². The molecule has 9 nitrogen and oxygen atoms in total. The van der Waals surface area contributed by atoms with E-state index in [9.17, 15) is 9.59 Å². The van der Waals surface area contributed by atoms with Gasteiger partial charge in [-0.25, -0.2) is 10.2 Å². The third kappa shape index (κ3) is 4.97. The van der Waals surface area contributed by atoms with E-state index >= 15 is 0 Å². The molecule has 3 rings (SSSR count). The van der Waals surface area contributed by atoms with Gasteiger partial charge < -0.3 is 23.7 Å². The summed E-state index contributed by atoms with van der Waals surface area (Å²) in [5, 5.41) is 13.7. The molecular weight excluding hydrogens is 472 g/mol. The zero-order chi connectivity index (χ0) is 22.5. The first kappa shape index (κ1) is 22.2. The molecule has 1 heterocycles. The number of carboxylic acids is 1. The van der Waals surface area contributed by atoms with Crippen LogP contribution in [0.3, 0.4) is 0 Å². The zero-order valence-electron chi connectivity index (χ0n) is 16.8. The highest BCUT2D eigenvalue weighted by Gasteiger charge is 2.18. The summed E-state index contributed by atoms with van der Waals surface area (Å²) in [7, 11) is 2.94. The number of aliphatic carboxylic acids is 1. The number of carbonyl (C=O) groups is 2. The van der Waals surface area contributed by atoms with Gasteiger partial charge in [-0.05, 0) is 37.3 Å². The summed E-state index contributed by atoms with van der Waals surface area (Å²) in [6.07, 6.45) is 0.215. The lowest BCUT2D eigenvalue weighted by molar-refractivity contribution is -0.144. The Labute approximate surface area is 185 Å². The third-order valence-corrected chi connectivity index (χ3v) is 4.69. The molecule has 1 amide bonds. The molecule has 0 saturated carbocycles. The van der Waals surface area contributed by atoms with Crippen molar-refractivity contribution in [1.82, 2.24) is 5.43 Å². The molecule has 1 aromatic heterocycles. The summed E-state index contributed by atoms with van der Waals surface area (Å²) in [5.74, 6) is -0.652. The Morgan fingerprint density at radius 3 is 2.61 bits per heavy atom. The first-order valence-corrected chi connectivity index (χ1v) is 9.80. The Morgan fingerprint density at radius 2 is 1.94 bits per heavy atom. The van der Waals surface area contributed by atoms with Gasteiger partial charge in [0, 0.05) is 15.4 Å². The molecule has 0 aliphatic carbocycles. The number of furan rings is 1. The van der Waals surface area contributed by atoms with Crippen LogP contribution in [0.25, 0.3) is 11.0 Å². The van der Waals surface area contributed by atoms with E-state index in [2.05, 4.69) is 26.5 Å². The van der Waals surface area contributed by atoms with Crippen LogP contribution < -0.4 is 19.6 Å². The Bertz CT molecular complexity index is 1160. The second-order valence-electron chi connectivity index (χ2n) is 6.31. The van der Waals surface area contributed by atoms with Crippen LogP contribution in [0, 0.1) is 0 Å². The topological polar surface area (TPSA) is 120 Å². The molecule has 1 unspecified atom stereocenters. The third-order valence-electron chi connectivity index (χ3n) is 4.23. The monoisotopic (exact) mass is 490 g/mol. The summed E-state index contributed by atoms with van der Waals surface area (Å²) < 4.78 is 22.4. The number of para-hydroxylation sites is 1. The fourth-order valence-corrected chi connectivity index (χ4v) is 3.17. The van der Waals surface area contributed by atoms with Gasteiger partial charge in [-0.2, -0.15) is 5.10 Å². The fourth-order valence-electron chi connectivity index (χ4n) is 2.71. The lowest BCUT2D eigenvalue weighted by atomic mass is 10.2. The maximum atomic E-state index is 12.5. The van der Waals surface area contributed by atoms with Gasteiger partial charge in [0.2, 0.25) is 0 Å². The summed E-state index contributed by atoms with van der Waals surface area (Å²) in [6.45, 7) is 1.39. The van der Waals surface area contributed by atoms with E-state index in [0.717, 1.165) is 4.47 Å². The predicted molar refractivity (Wildman–Crippen MR) is 116 cm³/mol. The van der Waals surface area contributed by atoms with Crippen LogP contribution in [-0.2, 0) is 4.79 Å². The summed E-state index contributed by atoms with van der Waals surface area (Å²) in [4.78, 5) is 23.6. The van der Waals surface area contributed by atoms with Crippen LogP contribution in [0.5, 0.6) is 17.2 Å². The van der Waals surface area contributed by atoms with Crippen molar-refractivity contribution < 1.29 is 33.3 Å². The van der Waals surface area contributed by atoms with E-state index in [1.54, 1.807) is 36.4 Å². The molecule has 31 heavy (non-hydrogen) atoms. The molecule has 0 aliphatic rings. The average Bonchev–Trinajstić information content (AvgIpc) is 3.17. The number of hydrazone groups is 1. The lowest BCUT2D eigenvalue weighted by Gasteiger charge is -2.15. The largest absolute Gasteiger partial charge is 0.493 e. The molecule has 0 fully saturated rings. The second kappa shape index (κ2) is 9.52. The molecule has 10 heteroatoms. The van der Waals surface area contributed by atoms with Crippen LogP contribution >= 0.6 is 15.9 Å². The highest BCUT2D eigenvalue weighted by Crippen LogP contribution is 2.33. The van der Waals surface area contributed by atoms with Gasteiger partial charge in [-0.1, -0.05) is 22.0 Å². The number of nitrogens with one attached hydrogen (secondary N) is 1. The number of hydrogen-bond donors (Lipinski definition) is 2. The molecule has 0 bridgehead atoms. The smallest absolute Gasteiger partial charge is 0.344 e. The van der Waals surface area contributed by atoms with Gasteiger partial charge in [0.1, 0.15) is 0 Å². The minimum Gasteiger partial charge on any atom is -0.493 e. The number of hydrogen-bond acceptors (Lipinski definition) is 7. The number of rotatable bonds is 8. The average molecular weight is 491 g/mol. The molecule has 2 N–H and O–H groups in total. The van der Waals surface area contributed by atoms with Crippen molar-refractivity contribution in [2.75, 3.05) is 14.2 Å². The zero-order valence-corrected chi connectivity index (χ0v) is 18.4. The molecule has 0 saturated heterocycles. The highest BCUT2D eigenvalue weighted by molar-refractivity contribution is 9.10. The molecule has 162 valence electrons. The minimum atomic E-state index is -1.13. The number of nitrogens with zero attached hydrogens (tertiary/aromatic N) is 1. The SMILES string of the molecule is COc1cccc(/C=N/NC(=O)c2cc3cc(Br)cc(OC)c3o2)c1OC(C)C(=O)O. The van der Waals surface area contributed by atoms with E-state index in [4.69, 9.17) is 23.7 Å². The normalized spacial score (nSPS) is 12.0. The number of carboxylic acid groups (broad SMARTS) is 1. The van der Waals surface area contributed by atoms with Gasteiger partial charge >= 0.3 is 11.9 Å². The summed E-state index contributed by atoms with van der Waals surface area (Å²) in [5.41, 5.74) is 3.23. The summed E-state index contributed by atoms with van der Waals surface area (Å²) >= 11 is 3.38. The number of ether oxygens (including phenoxy) is 3. The van der Waals surface area contributed by atoms with E-state index < -0.39 is 18.0 Å². The number of methoxy groups -OCH3 is 2. The van der Waals surface area contributed by atoms with Crippen molar-refractivity contribution in [2.45, 2.75) is 13.0 Å². The molecule has 0 aliphatic heterocycles. The first-order valence-electron chi connectivity index (χ1n) is 9.01. The number of fused-ring (bicyclic) bond motifs is 1. The maximum absolute atomic E-state index is 12.5. The standard InChI is InChI=1S/C21H19BrN2O7/c1-11(21(26)27)30-18-12(5-4-6-15(18)28-2)10-23-24-20(25)17-8-13-7-14(22)9-16(29-3)19(13)31-17/h4-11H,1-3H3,(H,24,25)(H,26,27)/b23-10+. The van der Waals surface area contributed by atoms with Crippen molar-refractivity contribution in [3.8, 4) is 17.2 Å². The van der Waals surface area contributed by atoms with Crippen molar-refractivity contribution in [2.24, 2.45) is 5.10 Å². The maximum Gasteiger partial charge on any atom is 0.344 e.